The van der Waals surface area contributed by atoms with Gasteiger partial charge in [0.25, 0.3) is 0 Å². The molecule has 32 heavy (non-hydrogen) atoms. The number of aryl methyl sites for hydroxylation is 2. The molecular weight excluding hydrogens is 424 g/mol. The number of nitrogens with zero attached hydrogens (tertiary/aromatic N) is 1. The number of amides is 1. The molecule has 6 nitrogen and oxygen atoms in total. The Kier molecular flexibility index (Phi) is 7.20. The third-order valence-corrected chi connectivity index (χ3v) is 6.21. The molecule has 3 aromatic carbocycles. The van der Waals surface area contributed by atoms with Gasteiger partial charge in [0, 0.05) is 0 Å². The van der Waals surface area contributed by atoms with E-state index in [-0.39, 0.29) is 18.5 Å². The molecule has 0 saturated heterocycles. The van der Waals surface area contributed by atoms with Crippen LogP contribution in [0.2, 0.25) is 0 Å². The number of ether oxygens (including phenoxy) is 1. The number of anilines is 1. The van der Waals surface area contributed by atoms with Crippen molar-refractivity contribution < 1.29 is 17.9 Å². The van der Waals surface area contributed by atoms with E-state index < -0.39 is 10.0 Å². The lowest BCUT2D eigenvalue weighted by Gasteiger charge is -2.24. The summed E-state index contributed by atoms with van der Waals surface area (Å²) >= 11 is 0. The van der Waals surface area contributed by atoms with E-state index >= 15 is 0 Å². The van der Waals surface area contributed by atoms with E-state index in [1.165, 1.54) is 0 Å². The standard InChI is InChI=1S/C25H28N2O4S/c1-18-10-11-19(2)24(16-18)20(3)26-25(28)17-27(32(4,29)30)21-12-14-23(15-13-21)31-22-8-6-5-7-9-22/h5-16,20H,17H2,1-4H3,(H,26,28). The van der Waals surface area contributed by atoms with Crippen molar-refractivity contribution in [1.29, 1.82) is 0 Å². The summed E-state index contributed by atoms with van der Waals surface area (Å²) in [5.41, 5.74) is 3.56. The minimum Gasteiger partial charge on any atom is -0.457 e. The molecule has 0 aliphatic rings. The Labute approximate surface area is 189 Å². The van der Waals surface area contributed by atoms with Crippen LogP contribution in [0.4, 0.5) is 5.69 Å². The second-order valence-electron chi connectivity index (χ2n) is 7.83. The van der Waals surface area contributed by atoms with Crippen LogP contribution in [0.15, 0.2) is 72.8 Å². The molecule has 0 fully saturated rings. The number of para-hydroxylation sites is 1. The lowest BCUT2D eigenvalue weighted by Crippen LogP contribution is -2.41. The van der Waals surface area contributed by atoms with Crippen molar-refractivity contribution >= 4 is 21.6 Å². The molecule has 0 saturated carbocycles. The maximum absolute atomic E-state index is 12.7. The molecule has 0 aliphatic heterocycles. The number of carbonyl (C=O) groups is 1. The van der Waals surface area contributed by atoms with Crippen LogP contribution in [0.1, 0.15) is 29.7 Å². The van der Waals surface area contributed by atoms with Gasteiger partial charge < -0.3 is 10.1 Å². The van der Waals surface area contributed by atoms with Gasteiger partial charge in [0.2, 0.25) is 15.9 Å². The highest BCUT2D eigenvalue weighted by molar-refractivity contribution is 7.92. The van der Waals surface area contributed by atoms with E-state index in [4.69, 9.17) is 4.74 Å². The minimum absolute atomic E-state index is 0.245. The number of hydrogen-bond acceptors (Lipinski definition) is 4. The van der Waals surface area contributed by atoms with E-state index in [9.17, 15) is 13.2 Å². The number of nitrogens with one attached hydrogen (secondary N) is 1. The van der Waals surface area contributed by atoms with Crippen molar-refractivity contribution in [2.24, 2.45) is 0 Å². The van der Waals surface area contributed by atoms with Gasteiger partial charge in [-0.1, -0.05) is 42.0 Å². The number of hydrogen-bond donors (Lipinski definition) is 1. The van der Waals surface area contributed by atoms with Gasteiger partial charge in [-0.2, -0.15) is 0 Å². The highest BCUT2D eigenvalue weighted by atomic mass is 32.2. The molecule has 1 atom stereocenters. The van der Waals surface area contributed by atoms with E-state index in [1.54, 1.807) is 24.3 Å². The van der Waals surface area contributed by atoms with E-state index in [1.807, 2.05) is 69.3 Å². The summed E-state index contributed by atoms with van der Waals surface area (Å²) in [4.78, 5) is 12.7. The highest BCUT2D eigenvalue weighted by Gasteiger charge is 2.22. The van der Waals surface area contributed by atoms with Crippen LogP contribution in [0.5, 0.6) is 11.5 Å². The molecule has 168 valence electrons. The molecule has 0 radical (unpaired) electrons. The highest BCUT2D eigenvalue weighted by Crippen LogP contribution is 2.26. The van der Waals surface area contributed by atoms with Crippen LogP contribution in [0.3, 0.4) is 0 Å². The van der Waals surface area contributed by atoms with Gasteiger partial charge in [0.1, 0.15) is 18.0 Å². The van der Waals surface area contributed by atoms with Gasteiger partial charge in [0.15, 0.2) is 0 Å². The molecule has 0 heterocycles. The van der Waals surface area contributed by atoms with Crippen LogP contribution >= 0.6 is 0 Å². The smallest absolute Gasteiger partial charge is 0.241 e. The Balaban J connectivity index is 1.72. The molecule has 1 unspecified atom stereocenters. The first-order chi connectivity index (χ1) is 15.1. The SMILES string of the molecule is Cc1ccc(C)c(C(C)NC(=O)CN(c2ccc(Oc3ccccc3)cc2)S(C)(=O)=O)c1. The summed E-state index contributed by atoms with van der Waals surface area (Å²) in [5.74, 6) is 0.870. The van der Waals surface area contributed by atoms with Crippen LogP contribution in [0.25, 0.3) is 0 Å². The molecule has 0 aromatic heterocycles. The first-order valence-electron chi connectivity index (χ1n) is 10.3. The summed E-state index contributed by atoms with van der Waals surface area (Å²) in [6.45, 7) is 5.56. The van der Waals surface area contributed by atoms with Gasteiger partial charge in [0.05, 0.1) is 18.0 Å². The third kappa shape index (κ3) is 6.11. The number of rotatable bonds is 8. The molecule has 0 aliphatic carbocycles. The second-order valence-corrected chi connectivity index (χ2v) is 9.73. The predicted molar refractivity (Wildman–Crippen MR) is 128 cm³/mol. The zero-order chi connectivity index (χ0) is 23.3. The number of sulfonamides is 1. The summed E-state index contributed by atoms with van der Waals surface area (Å²) in [5, 5.41) is 2.91. The van der Waals surface area contributed by atoms with Crippen LogP contribution in [0, 0.1) is 13.8 Å². The first kappa shape index (κ1) is 23.3. The minimum atomic E-state index is -3.67. The van der Waals surface area contributed by atoms with Gasteiger partial charge in [-0.15, -0.1) is 0 Å². The zero-order valence-corrected chi connectivity index (χ0v) is 19.5. The summed E-state index contributed by atoms with van der Waals surface area (Å²) in [6, 6.07) is 21.7. The fourth-order valence-corrected chi connectivity index (χ4v) is 4.28. The molecule has 0 bridgehead atoms. The molecule has 0 spiro atoms. The molecular formula is C25H28N2O4S. The van der Waals surface area contributed by atoms with Crippen molar-refractivity contribution in [3.63, 3.8) is 0 Å². The Morgan fingerprint density at radius 1 is 0.969 bits per heavy atom. The molecule has 1 amide bonds. The van der Waals surface area contributed by atoms with Gasteiger partial charge in [-0.3, -0.25) is 9.10 Å². The predicted octanol–water partition coefficient (Wildman–Crippen LogP) is 4.74. The fraction of sp³-hybridized carbons (Fsp3) is 0.240. The van der Waals surface area contributed by atoms with Crippen LogP contribution < -0.4 is 14.4 Å². The third-order valence-electron chi connectivity index (χ3n) is 5.07. The first-order valence-corrected chi connectivity index (χ1v) is 12.2. The van der Waals surface area contributed by atoms with Gasteiger partial charge in [-0.05, 0) is 68.3 Å². The topological polar surface area (TPSA) is 75.7 Å². The van der Waals surface area contributed by atoms with Crippen molar-refractivity contribution in [1.82, 2.24) is 5.32 Å². The Morgan fingerprint density at radius 2 is 1.59 bits per heavy atom. The lowest BCUT2D eigenvalue weighted by atomic mass is 10.00. The van der Waals surface area contributed by atoms with Gasteiger partial charge in [-0.25, -0.2) is 8.42 Å². The van der Waals surface area contributed by atoms with Gasteiger partial charge >= 0.3 is 0 Å². The molecule has 3 rings (SSSR count). The molecule has 7 heteroatoms. The van der Waals surface area contributed by atoms with Crippen molar-refractivity contribution in [2.45, 2.75) is 26.8 Å². The Bertz CT molecular complexity index is 1180. The monoisotopic (exact) mass is 452 g/mol. The van der Waals surface area contributed by atoms with E-state index in [2.05, 4.69) is 5.32 Å². The van der Waals surface area contributed by atoms with Crippen molar-refractivity contribution in [2.75, 3.05) is 17.1 Å². The Hall–Kier alpha value is -3.32. The fourth-order valence-electron chi connectivity index (χ4n) is 3.43. The largest absolute Gasteiger partial charge is 0.457 e. The number of benzene rings is 3. The zero-order valence-electron chi connectivity index (χ0n) is 18.7. The average molecular weight is 453 g/mol. The van der Waals surface area contributed by atoms with E-state index in [0.29, 0.717) is 17.2 Å². The summed E-state index contributed by atoms with van der Waals surface area (Å²) < 4.78 is 31.7. The average Bonchev–Trinajstić information content (AvgIpc) is 2.74. The Morgan fingerprint density at radius 3 is 2.22 bits per heavy atom. The summed E-state index contributed by atoms with van der Waals surface area (Å²) in [6.07, 6.45) is 1.09. The molecule has 3 aromatic rings. The number of carbonyl (C=O) groups excluding carboxylic acids is 1. The maximum atomic E-state index is 12.7. The quantitative estimate of drug-likeness (QED) is 0.536. The lowest BCUT2D eigenvalue weighted by molar-refractivity contribution is -0.120. The normalized spacial score (nSPS) is 12.1. The van der Waals surface area contributed by atoms with Crippen molar-refractivity contribution in [3.8, 4) is 11.5 Å². The molecule has 1 N–H and O–H groups in total. The summed E-state index contributed by atoms with van der Waals surface area (Å²) in [7, 11) is -3.67. The van der Waals surface area contributed by atoms with E-state index in [0.717, 1.165) is 27.3 Å². The maximum Gasteiger partial charge on any atom is 0.241 e. The second kappa shape index (κ2) is 9.87. The van der Waals surface area contributed by atoms with Crippen molar-refractivity contribution in [3.05, 3.63) is 89.5 Å². The van der Waals surface area contributed by atoms with Crippen LogP contribution in [-0.4, -0.2) is 27.1 Å². The van der Waals surface area contributed by atoms with Crippen LogP contribution in [-0.2, 0) is 14.8 Å².